The van der Waals surface area contributed by atoms with Gasteiger partial charge in [0, 0.05) is 12.5 Å². The van der Waals surface area contributed by atoms with Crippen LogP contribution in [0.5, 0.6) is 23.0 Å². The van der Waals surface area contributed by atoms with Crippen LogP contribution < -0.4 is 18.9 Å². The predicted molar refractivity (Wildman–Crippen MR) is 200 cm³/mol. The lowest BCUT2D eigenvalue weighted by Crippen LogP contribution is -2.23. The molecule has 4 aromatic carbocycles. The quantitative estimate of drug-likeness (QED) is 0.0899. The molecule has 0 amide bonds. The van der Waals surface area contributed by atoms with Crippen molar-refractivity contribution in [1.82, 2.24) is 0 Å². The first-order chi connectivity index (χ1) is 25.1. The minimum absolute atomic E-state index is 0.0208. The number of rotatable bonds is 15. The first-order valence-electron chi connectivity index (χ1n) is 17.1. The summed E-state index contributed by atoms with van der Waals surface area (Å²) in [5.41, 5.74) is 5.35. The van der Waals surface area contributed by atoms with E-state index in [2.05, 4.69) is 0 Å². The highest BCUT2D eigenvalue weighted by atomic mass is 16.6. The van der Waals surface area contributed by atoms with Crippen LogP contribution in [-0.2, 0) is 38.7 Å². The summed E-state index contributed by atoms with van der Waals surface area (Å²) in [5.74, 6) is 1.74. The second-order valence-corrected chi connectivity index (χ2v) is 13.2. The standard InChI is InChI=1S/C44H45O8/c1-44(2,3)52-43(46)27-35-12-9-13-36(39(35)24-31-10-7-6-8-11-31)30-51-42(45)26-34-18-23-40(49-28-32-14-19-37(47-4)20-15-32)41(25-34)50-29-33-16-21-38(48-5)22-17-33/h6-11,13-25,27H,12,26,28-30H2,1-5H3/b35-27-. The third-order valence-corrected chi connectivity index (χ3v) is 8.01. The van der Waals surface area contributed by atoms with Crippen LogP contribution in [0.25, 0.3) is 0 Å². The molecule has 0 aromatic heterocycles. The van der Waals surface area contributed by atoms with Gasteiger partial charge in [0.05, 0.1) is 20.6 Å². The van der Waals surface area contributed by atoms with Crippen LogP contribution in [0.2, 0.25) is 0 Å². The molecule has 1 aliphatic rings. The molecule has 0 bridgehead atoms. The van der Waals surface area contributed by atoms with Gasteiger partial charge in [0.15, 0.2) is 11.5 Å². The summed E-state index contributed by atoms with van der Waals surface area (Å²) < 4.78 is 34.4. The molecule has 0 unspecified atom stereocenters. The number of hydrogen-bond donors (Lipinski definition) is 0. The molecular weight excluding hydrogens is 656 g/mol. The monoisotopic (exact) mass is 701 g/mol. The second kappa shape index (κ2) is 17.9. The predicted octanol–water partition coefficient (Wildman–Crippen LogP) is 8.72. The van der Waals surface area contributed by atoms with Gasteiger partial charge in [-0.1, -0.05) is 72.8 Å². The Labute approximate surface area is 306 Å². The van der Waals surface area contributed by atoms with Gasteiger partial charge in [0.2, 0.25) is 0 Å². The molecule has 4 aromatic rings. The van der Waals surface area contributed by atoms with Gasteiger partial charge in [-0.3, -0.25) is 4.79 Å². The molecule has 8 nitrogen and oxygen atoms in total. The zero-order valence-corrected chi connectivity index (χ0v) is 30.3. The molecule has 0 saturated heterocycles. The molecule has 0 spiro atoms. The number of methoxy groups -OCH3 is 2. The largest absolute Gasteiger partial charge is 0.497 e. The molecule has 269 valence electrons. The minimum Gasteiger partial charge on any atom is -0.497 e. The summed E-state index contributed by atoms with van der Waals surface area (Å²) in [4.78, 5) is 26.0. The summed E-state index contributed by atoms with van der Waals surface area (Å²) in [5, 5.41) is 0. The lowest BCUT2D eigenvalue weighted by atomic mass is 9.87. The fourth-order valence-corrected chi connectivity index (χ4v) is 5.41. The Balaban J connectivity index is 1.31. The van der Waals surface area contributed by atoms with E-state index in [1.807, 2.05) is 136 Å². The van der Waals surface area contributed by atoms with E-state index in [0.29, 0.717) is 30.1 Å². The second-order valence-electron chi connectivity index (χ2n) is 13.2. The maximum Gasteiger partial charge on any atom is 0.331 e. The van der Waals surface area contributed by atoms with Gasteiger partial charge < -0.3 is 28.4 Å². The maximum atomic E-state index is 13.3. The molecule has 0 heterocycles. The number of carbonyl (C=O) groups is 2. The molecule has 8 heteroatoms. The highest BCUT2D eigenvalue weighted by Crippen LogP contribution is 2.32. The van der Waals surface area contributed by atoms with Crippen molar-refractivity contribution in [2.45, 2.75) is 52.4 Å². The van der Waals surface area contributed by atoms with Crippen LogP contribution in [0.15, 0.2) is 132 Å². The van der Waals surface area contributed by atoms with E-state index in [1.54, 1.807) is 14.2 Å². The molecule has 0 saturated carbocycles. The maximum absolute atomic E-state index is 13.3. The minimum atomic E-state index is -0.620. The van der Waals surface area contributed by atoms with Gasteiger partial charge in [0.25, 0.3) is 0 Å². The average Bonchev–Trinajstić information content (AvgIpc) is 3.13. The molecule has 1 radical (unpaired) electrons. The average molecular weight is 702 g/mol. The Morgan fingerprint density at radius 3 is 1.90 bits per heavy atom. The number of allylic oxidation sites excluding steroid dienone is 3. The molecule has 0 aliphatic heterocycles. The number of carbonyl (C=O) groups excluding carboxylic acids is 2. The molecule has 0 N–H and O–H groups in total. The Morgan fingerprint density at radius 2 is 1.31 bits per heavy atom. The highest BCUT2D eigenvalue weighted by molar-refractivity contribution is 5.85. The van der Waals surface area contributed by atoms with E-state index < -0.39 is 17.5 Å². The van der Waals surface area contributed by atoms with Gasteiger partial charge in [-0.15, -0.1) is 0 Å². The third-order valence-electron chi connectivity index (χ3n) is 8.01. The Morgan fingerprint density at radius 1 is 0.712 bits per heavy atom. The third kappa shape index (κ3) is 11.4. The van der Waals surface area contributed by atoms with Crippen LogP contribution in [0.3, 0.4) is 0 Å². The highest BCUT2D eigenvalue weighted by Gasteiger charge is 2.21. The first kappa shape index (κ1) is 37.5. The van der Waals surface area contributed by atoms with Gasteiger partial charge >= 0.3 is 11.9 Å². The van der Waals surface area contributed by atoms with E-state index in [9.17, 15) is 9.59 Å². The zero-order valence-electron chi connectivity index (χ0n) is 30.3. The number of benzene rings is 4. The van der Waals surface area contributed by atoms with Crippen molar-refractivity contribution < 1.29 is 38.0 Å². The van der Waals surface area contributed by atoms with E-state index in [1.165, 1.54) is 6.08 Å². The Hall–Kier alpha value is -5.76. The lowest BCUT2D eigenvalue weighted by Gasteiger charge is -2.21. The van der Waals surface area contributed by atoms with E-state index >= 15 is 0 Å². The van der Waals surface area contributed by atoms with Crippen LogP contribution >= 0.6 is 0 Å². The summed E-state index contributed by atoms with van der Waals surface area (Å²) >= 11 is 0. The van der Waals surface area contributed by atoms with Gasteiger partial charge in [-0.05, 0) is 103 Å². The number of hydrogen-bond acceptors (Lipinski definition) is 8. The molecule has 0 atom stereocenters. The number of ether oxygens (including phenoxy) is 6. The zero-order chi connectivity index (χ0) is 36.9. The molecule has 5 rings (SSSR count). The molecule has 1 aliphatic carbocycles. The number of esters is 2. The first-order valence-corrected chi connectivity index (χ1v) is 17.1. The molecule has 52 heavy (non-hydrogen) atoms. The van der Waals surface area contributed by atoms with Crippen molar-refractivity contribution in [2.24, 2.45) is 0 Å². The van der Waals surface area contributed by atoms with Crippen molar-refractivity contribution in [3.63, 3.8) is 0 Å². The van der Waals surface area contributed by atoms with E-state index in [-0.39, 0.29) is 19.6 Å². The SMILES string of the molecule is COc1ccc(COc2ccc(CC(=O)OCC3=C([CH]c4ccccc4)/C(=C\C(=O)OC(C)(C)C)CC=C3)cc2OCc2ccc(OC)cc2)cc1. The van der Waals surface area contributed by atoms with Gasteiger partial charge in [0.1, 0.15) is 36.9 Å². The van der Waals surface area contributed by atoms with Crippen LogP contribution in [0.4, 0.5) is 0 Å². The van der Waals surface area contributed by atoms with Crippen molar-refractivity contribution in [1.29, 1.82) is 0 Å². The molecule has 0 fully saturated rings. The smallest absolute Gasteiger partial charge is 0.331 e. The Kier molecular flexibility index (Phi) is 12.9. The van der Waals surface area contributed by atoms with Crippen molar-refractivity contribution >= 4 is 11.9 Å². The van der Waals surface area contributed by atoms with Crippen molar-refractivity contribution in [3.05, 3.63) is 161 Å². The van der Waals surface area contributed by atoms with Crippen LogP contribution in [0.1, 0.15) is 49.4 Å². The topological polar surface area (TPSA) is 89.5 Å². The Bertz CT molecular complexity index is 1900. The fourth-order valence-electron chi connectivity index (χ4n) is 5.41. The lowest BCUT2D eigenvalue weighted by molar-refractivity contribution is -0.148. The van der Waals surface area contributed by atoms with Gasteiger partial charge in [-0.2, -0.15) is 0 Å². The van der Waals surface area contributed by atoms with Crippen molar-refractivity contribution in [2.75, 3.05) is 20.8 Å². The van der Waals surface area contributed by atoms with Crippen LogP contribution in [-0.4, -0.2) is 38.4 Å². The van der Waals surface area contributed by atoms with Crippen molar-refractivity contribution in [3.8, 4) is 23.0 Å². The van der Waals surface area contributed by atoms with Crippen LogP contribution in [0, 0.1) is 6.42 Å². The molecular formula is C44H45O8. The summed E-state index contributed by atoms with van der Waals surface area (Å²) in [6.07, 6.45) is 7.99. The summed E-state index contributed by atoms with van der Waals surface area (Å²) in [6.45, 7) is 6.14. The summed E-state index contributed by atoms with van der Waals surface area (Å²) in [6, 6.07) is 30.5. The normalized spacial score (nSPS) is 13.4. The summed E-state index contributed by atoms with van der Waals surface area (Å²) in [7, 11) is 3.25. The van der Waals surface area contributed by atoms with E-state index in [4.69, 9.17) is 28.4 Å². The fraction of sp³-hybridized carbons (Fsp3) is 0.250. The van der Waals surface area contributed by atoms with E-state index in [0.717, 1.165) is 44.9 Å². The van der Waals surface area contributed by atoms with Gasteiger partial charge in [-0.25, -0.2) is 4.79 Å².